The summed E-state index contributed by atoms with van der Waals surface area (Å²) in [6, 6.07) is 6.17. The van der Waals surface area contributed by atoms with Crippen LogP contribution in [0.1, 0.15) is 73.9 Å². The van der Waals surface area contributed by atoms with Gasteiger partial charge in [-0.2, -0.15) is 0 Å². The number of benzene rings is 1. The first-order valence-electron chi connectivity index (χ1n) is 9.49. The lowest BCUT2D eigenvalue weighted by atomic mass is 10.0. The van der Waals surface area contributed by atoms with E-state index >= 15 is 0 Å². The van der Waals surface area contributed by atoms with Crippen LogP contribution in [0.15, 0.2) is 29.3 Å². The predicted octanol–water partition coefficient (Wildman–Crippen LogP) is 5.63. The van der Waals surface area contributed by atoms with Gasteiger partial charge in [0.05, 0.1) is 5.71 Å². The second-order valence-corrected chi connectivity index (χ2v) is 6.57. The Morgan fingerprint density at radius 1 is 1.23 bits per heavy atom. The van der Waals surface area contributed by atoms with Crippen LogP contribution in [0.4, 0.5) is 0 Å². The number of imidazole rings is 1. The highest BCUT2D eigenvalue weighted by Gasteiger charge is 2.14. The molecule has 1 aromatic carbocycles. The molecule has 2 N–H and O–H groups in total. The second kappa shape index (κ2) is 9.27. The molecule has 1 aromatic heterocycles. The Labute approximate surface area is 157 Å². The van der Waals surface area contributed by atoms with Crippen LogP contribution in [-0.2, 0) is 6.42 Å². The molecule has 0 saturated carbocycles. The maximum absolute atomic E-state index is 8.58. The monoisotopic (exact) mass is 350 g/mol. The highest BCUT2D eigenvalue weighted by atomic mass is 15.0. The summed E-state index contributed by atoms with van der Waals surface area (Å²) in [5.74, 6) is 1.29. The lowest BCUT2D eigenvalue weighted by Crippen LogP contribution is -2.08. The molecular weight excluding hydrogens is 320 g/mol. The van der Waals surface area contributed by atoms with Crippen molar-refractivity contribution in [1.82, 2.24) is 9.97 Å². The van der Waals surface area contributed by atoms with Crippen LogP contribution >= 0.6 is 0 Å². The molecule has 0 unspecified atom stereocenters. The van der Waals surface area contributed by atoms with E-state index in [1.165, 1.54) is 0 Å². The standard InChI is InChI=1S/C22H30N4/c1-6-9-11-17-13-12-15(4)14-18(17)22(23)25-19(8-3)21-16(5)24-20(26-21)10-7-2/h9,11-14,23H,6-8,10H2,1-5H3,(H,24,26)/b11-9-,23-22?,25-19?. The Hall–Kier alpha value is -2.49. The van der Waals surface area contributed by atoms with Crippen molar-refractivity contribution in [2.24, 2.45) is 4.99 Å². The van der Waals surface area contributed by atoms with Crippen molar-refractivity contribution >= 4 is 17.6 Å². The molecule has 1 heterocycles. The second-order valence-electron chi connectivity index (χ2n) is 6.57. The van der Waals surface area contributed by atoms with Gasteiger partial charge in [0.1, 0.15) is 11.5 Å². The zero-order chi connectivity index (χ0) is 19.1. The van der Waals surface area contributed by atoms with Gasteiger partial charge in [-0.25, -0.2) is 9.98 Å². The number of nitrogens with zero attached hydrogens (tertiary/aromatic N) is 2. The van der Waals surface area contributed by atoms with Gasteiger partial charge in [0.2, 0.25) is 0 Å². The molecule has 2 rings (SSSR count). The molecule has 0 bridgehead atoms. The van der Waals surface area contributed by atoms with E-state index in [4.69, 9.17) is 10.4 Å². The van der Waals surface area contributed by atoms with E-state index in [0.717, 1.165) is 65.3 Å². The third-order valence-electron chi connectivity index (χ3n) is 4.27. The zero-order valence-electron chi connectivity index (χ0n) is 16.6. The highest BCUT2D eigenvalue weighted by Crippen LogP contribution is 2.17. The minimum Gasteiger partial charge on any atom is -0.346 e. The van der Waals surface area contributed by atoms with Gasteiger partial charge in [0, 0.05) is 17.7 Å². The lowest BCUT2D eigenvalue weighted by Gasteiger charge is -2.08. The molecule has 2 aromatic rings. The number of amidine groups is 1. The maximum atomic E-state index is 8.58. The Morgan fingerprint density at radius 3 is 2.65 bits per heavy atom. The van der Waals surface area contributed by atoms with Crippen LogP contribution in [0.5, 0.6) is 0 Å². The maximum Gasteiger partial charge on any atom is 0.152 e. The van der Waals surface area contributed by atoms with Gasteiger partial charge in [0.15, 0.2) is 5.84 Å². The number of rotatable bonds is 7. The van der Waals surface area contributed by atoms with Crippen LogP contribution in [0.2, 0.25) is 0 Å². The first-order chi connectivity index (χ1) is 12.5. The van der Waals surface area contributed by atoms with Gasteiger partial charge in [-0.05, 0) is 44.7 Å². The SMILES string of the molecule is CC/C=C\c1ccc(C)cc1C(=N)N=C(CC)c1nc(CCC)[nH]c1C. The predicted molar refractivity (Wildman–Crippen MR) is 111 cm³/mol. The van der Waals surface area contributed by atoms with Crippen molar-refractivity contribution in [3.8, 4) is 0 Å². The molecular formula is C22H30N4. The third kappa shape index (κ3) is 4.78. The fraction of sp³-hybridized carbons (Fsp3) is 0.409. The molecule has 138 valence electrons. The van der Waals surface area contributed by atoms with Gasteiger partial charge >= 0.3 is 0 Å². The van der Waals surface area contributed by atoms with Crippen LogP contribution in [0.25, 0.3) is 6.08 Å². The number of nitrogens with one attached hydrogen (secondary N) is 2. The molecule has 0 saturated heterocycles. The summed E-state index contributed by atoms with van der Waals surface area (Å²) in [6.45, 7) is 10.4. The van der Waals surface area contributed by atoms with E-state index in [1.807, 2.05) is 19.9 Å². The molecule has 0 spiro atoms. The summed E-state index contributed by atoms with van der Waals surface area (Å²) >= 11 is 0. The fourth-order valence-electron chi connectivity index (χ4n) is 2.92. The number of hydrogen-bond acceptors (Lipinski definition) is 2. The van der Waals surface area contributed by atoms with E-state index in [0.29, 0.717) is 5.84 Å². The number of aryl methyl sites for hydroxylation is 3. The fourth-order valence-corrected chi connectivity index (χ4v) is 2.92. The summed E-state index contributed by atoms with van der Waals surface area (Å²) in [6.07, 6.45) is 7.88. The van der Waals surface area contributed by atoms with Gasteiger partial charge in [-0.1, -0.05) is 50.6 Å². The first-order valence-corrected chi connectivity index (χ1v) is 9.49. The average molecular weight is 351 g/mol. The molecule has 4 nitrogen and oxygen atoms in total. The quantitative estimate of drug-likeness (QED) is 0.493. The molecule has 26 heavy (non-hydrogen) atoms. The number of aliphatic imine (C=N–C) groups is 1. The molecule has 0 atom stereocenters. The van der Waals surface area contributed by atoms with Gasteiger partial charge in [-0.3, -0.25) is 5.41 Å². The molecule has 4 heteroatoms. The molecule has 0 radical (unpaired) electrons. The lowest BCUT2D eigenvalue weighted by molar-refractivity contribution is 0.853. The smallest absolute Gasteiger partial charge is 0.152 e. The van der Waals surface area contributed by atoms with Crippen LogP contribution < -0.4 is 0 Å². The minimum absolute atomic E-state index is 0.292. The van der Waals surface area contributed by atoms with Crippen molar-refractivity contribution in [2.75, 3.05) is 0 Å². The number of H-pyrrole nitrogens is 1. The normalized spacial score (nSPS) is 12.1. The summed E-state index contributed by atoms with van der Waals surface area (Å²) < 4.78 is 0. The summed E-state index contributed by atoms with van der Waals surface area (Å²) in [7, 11) is 0. The molecule has 0 aliphatic rings. The first kappa shape index (κ1) is 19.8. The van der Waals surface area contributed by atoms with Crippen molar-refractivity contribution in [2.45, 2.75) is 60.3 Å². The van der Waals surface area contributed by atoms with Gasteiger partial charge in [-0.15, -0.1) is 0 Å². The Morgan fingerprint density at radius 2 is 2.00 bits per heavy atom. The van der Waals surface area contributed by atoms with Crippen LogP contribution in [0, 0.1) is 19.3 Å². The topological polar surface area (TPSA) is 64.9 Å². The highest BCUT2D eigenvalue weighted by molar-refractivity contribution is 6.12. The molecule has 0 fully saturated rings. The van der Waals surface area contributed by atoms with E-state index in [2.05, 4.69) is 55.0 Å². The summed E-state index contributed by atoms with van der Waals surface area (Å²) in [5, 5.41) is 8.58. The largest absolute Gasteiger partial charge is 0.346 e. The van der Waals surface area contributed by atoms with Crippen LogP contribution in [-0.4, -0.2) is 21.5 Å². The van der Waals surface area contributed by atoms with Crippen molar-refractivity contribution in [1.29, 1.82) is 5.41 Å². The summed E-state index contributed by atoms with van der Waals surface area (Å²) in [4.78, 5) is 12.7. The van der Waals surface area contributed by atoms with E-state index < -0.39 is 0 Å². The van der Waals surface area contributed by atoms with Gasteiger partial charge < -0.3 is 4.98 Å². The van der Waals surface area contributed by atoms with E-state index in [9.17, 15) is 0 Å². The van der Waals surface area contributed by atoms with Crippen molar-refractivity contribution in [3.05, 3.63) is 58.2 Å². The number of allylic oxidation sites excluding steroid dienone is 1. The van der Waals surface area contributed by atoms with Crippen molar-refractivity contribution < 1.29 is 0 Å². The Balaban J connectivity index is 2.42. The van der Waals surface area contributed by atoms with Crippen molar-refractivity contribution in [3.63, 3.8) is 0 Å². The minimum atomic E-state index is 0.292. The Bertz CT molecular complexity index is 825. The summed E-state index contributed by atoms with van der Waals surface area (Å²) in [5.41, 5.74) is 5.80. The average Bonchev–Trinajstić information content (AvgIpc) is 2.98. The number of hydrogen-bond donors (Lipinski definition) is 2. The number of aromatic nitrogens is 2. The van der Waals surface area contributed by atoms with E-state index in [1.54, 1.807) is 0 Å². The Kier molecular flexibility index (Phi) is 7.07. The van der Waals surface area contributed by atoms with E-state index in [-0.39, 0.29) is 0 Å². The zero-order valence-corrected chi connectivity index (χ0v) is 16.6. The molecule has 0 aliphatic heterocycles. The number of aromatic amines is 1. The molecule has 0 amide bonds. The third-order valence-corrected chi connectivity index (χ3v) is 4.27. The van der Waals surface area contributed by atoms with Gasteiger partial charge in [0.25, 0.3) is 0 Å². The van der Waals surface area contributed by atoms with Crippen LogP contribution in [0.3, 0.4) is 0 Å². The molecule has 0 aliphatic carbocycles.